The number of hydrogen-bond donors (Lipinski definition) is 1. The van der Waals surface area contributed by atoms with Crippen molar-refractivity contribution in [3.05, 3.63) is 15.7 Å². The van der Waals surface area contributed by atoms with Gasteiger partial charge in [-0.1, -0.05) is 0 Å². The predicted octanol–water partition coefficient (Wildman–Crippen LogP) is 2.26. The summed E-state index contributed by atoms with van der Waals surface area (Å²) in [6.45, 7) is 0.652. The van der Waals surface area contributed by atoms with Crippen molar-refractivity contribution in [2.24, 2.45) is 0 Å². The molecule has 0 aliphatic heterocycles. The standard InChI is InChI=1S/C12H14ClN3OS/c1-16(5-6-17)10-9-7-3-2-4-8(7)18-11(9)15-12(13)14-10/h17H,2-6H2,1H3. The number of aliphatic hydroxyl groups excluding tert-OH is 1. The van der Waals surface area contributed by atoms with Gasteiger partial charge in [0.2, 0.25) is 5.28 Å². The normalized spacial score (nSPS) is 14.2. The number of fused-ring (bicyclic) bond motifs is 3. The first kappa shape index (κ1) is 12.1. The average Bonchev–Trinajstić information content (AvgIpc) is 2.87. The van der Waals surface area contributed by atoms with Gasteiger partial charge in [0, 0.05) is 18.5 Å². The van der Waals surface area contributed by atoms with Crippen LogP contribution in [-0.4, -0.2) is 35.3 Å². The van der Waals surface area contributed by atoms with Crippen LogP contribution in [0.25, 0.3) is 10.2 Å². The Morgan fingerprint density at radius 2 is 2.22 bits per heavy atom. The molecule has 0 saturated carbocycles. The Hall–Kier alpha value is -0.910. The number of aliphatic hydroxyl groups is 1. The minimum absolute atomic E-state index is 0.103. The van der Waals surface area contributed by atoms with E-state index in [9.17, 15) is 0 Å². The van der Waals surface area contributed by atoms with E-state index in [-0.39, 0.29) is 11.9 Å². The van der Waals surface area contributed by atoms with Crippen molar-refractivity contribution in [2.45, 2.75) is 19.3 Å². The Morgan fingerprint density at radius 3 is 3.00 bits per heavy atom. The molecule has 96 valence electrons. The van der Waals surface area contributed by atoms with E-state index in [1.807, 2.05) is 11.9 Å². The van der Waals surface area contributed by atoms with Crippen LogP contribution in [0.3, 0.4) is 0 Å². The van der Waals surface area contributed by atoms with Gasteiger partial charge in [0.15, 0.2) is 0 Å². The molecule has 0 amide bonds. The van der Waals surface area contributed by atoms with Crippen LogP contribution in [0.1, 0.15) is 16.9 Å². The summed E-state index contributed by atoms with van der Waals surface area (Å²) in [6, 6.07) is 0. The van der Waals surface area contributed by atoms with E-state index in [1.54, 1.807) is 11.3 Å². The Morgan fingerprint density at radius 1 is 1.39 bits per heavy atom. The Kier molecular flexibility index (Phi) is 3.13. The van der Waals surface area contributed by atoms with Gasteiger partial charge in [0.25, 0.3) is 0 Å². The fourth-order valence-corrected chi connectivity index (χ4v) is 3.95. The van der Waals surface area contributed by atoms with Gasteiger partial charge in [-0.25, -0.2) is 4.98 Å². The van der Waals surface area contributed by atoms with Crippen LogP contribution in [0.2, 0.25) is 5.28 Å². The number of aromatic nitrogens is 2. The largest absolute Gasteiger partial charge is 0.395 e. The second-order valence-electron chi connectivity index (χ2n) is 4.50. The quantitative estimate of drug-likeness (QED) is 0.878. The van der Waals surface area contributed by atoms with Gasteiger partial charge in [0.05, 0.1) is 12.0 Å². The first-order valence-corrected chi connectivity index (χ1v) is 7.20. The molecule has 2 aromatic heterocycles. The third-order valence-corrected chi connectivity index (χ3v) is 4.67. The smallest absolute Gasteiger partial charge is 0.225 e. The lowest BCUT2D eigenvalue weighted by Crippen LogP contribution is -2.22. The van der Waals surface area contributed by atoms with Gasteiger partial charge in [-0.05, 0) is 36.4 Å². The molecule has 0 aromatic carbocycles. The molecule has 0 radical (unpaired) electrons. The van der Waals surface area contributed by atoms with Crippen LogP contribution in [0.4, 0.5) is 5.82 Å². The molecular formula is C12H14ClN3OS. The molecule has 4 nitrogen and oxygen atoms in total. The number of rotatable bonds is 3. The van der Waals surface area contributed by atoms with Crippen molar-refractivity contribution in [1.82, 2.24) is 9.97 Å². The number of anilines is 1. The first-order valence-electron chi connectivity index (χ1n) is 6.00. The maximum atomic E-state index is 9.07. The maximum absolute atomic E-state index is 9.07. The van der Waals surface area contributed by atoms with E-state index in [4.69, 9.17) is 16.7 Å². The lowest BCUT2D eigenvalue weighted by atomic mass is 10.2. The van der Waals surface area contributed by atoms with Gasteiger partial charge >= 0.3 is 0 Å². The van der Waals surface area contributed by atoms with Crippen molar-refractivity contribution in [3.63, 3.8) is 0 Å². The molecule has 0 atom stereocenters. The van der Waals surface area contributed by atoms with Crippen molar-refractivity contribution in [1.29, 1.82) is 0 Å². The highest BCUT2D eigenvalue weighted by atomic mass is 35.5. The summed E-state index contributed by atoms with van der Waals surface area (Å²) in [7, 11) is 1.92. The number of hydrogen-bond acceptors (Lipinski definition) is 5. The van der Waals surface area contributed by atoms with Gasteiger partial charge in [-0.2, -0.15) is 4.98 Å². The minimum Gasteiger partial charge on any atom is -0.395 e. The summed E-state index contributed by atoms with van der Waals surface area (Å²) in [4.78, 5) is 13.0. The van der Waals surface area contributed by atoms with E-state index in [1.165, 1.54) is 16.9 Å². The molecule has 18 heavy (non-hydrogen) atoms. The van der Waals surface area contributed by atoms with Gasteiger partial charge in [0.1, 0.15) is 10.6 Å². The molecule has 0 saturated heterocycles. The molecule has 1 N–H and O–H groups in total. The van der Waals surface area contributed by atoms with Gasteiger partial charge < -0.3 is 10.0 Å². The lowest BCUT2D eigenvalue weighted by Gasteiger charge is -2.18. The fourth-order valence-electron chi connectivity index (χ4n) is 2.48. The highest BCUT2D eigenvalue weighted by molar-refractivity contribution is 7.19. The first-order chi connectivity index (χ1) is 8.70. The molecule has 1 aliphatic carbocycles. The SMILES string of the molecule is CN(CCO)c1nc(Cl)nc2sc3c(c12)CCC3. The summed E-state index contributed by atoms with van der Waals surface area (Å²) in [6.07, 6.45) is 3.44. The number of nitrogens with zero attached hydrogens (tertiary/aromatic N) is 3. The van der Waals surface area contributed by atoms with E-state index >= 15 is 0 Å². The van der Waals surface area contributed by atoms with Gasteiger partial charge in [-0.15, -0.1) is 11.3 Å². The third-order valence-electron chi connectivity index (χ3n) is 3.32. The predicted molar refractivity (Wildman–Crippen MR) is 74.8 cm³/mol. The van der Waals surface area contributed by atoms with Crippen molar-refractivity contribution < 1.29 is 5.11 Å². The zero-order valence-corrected chi connectivity index (χ0v) is 11.7. The zero-order chi connectivity index (χ0) is 12.7. The molecular weight excluding hydrogens is 270 g/mol. The molecule has 0 spiro atoms. The summed E-state index contributed by atoms with van der Waals surface area (Å²) in [5, 5.41) is 10.5. The minimum atomic E-state index is 0.103. The molecule has 6 heteroatoms. The Balaban J connectivity index is 2.22. The third kappa shape index (κ3) is 1.86. The monoisotopic (exact) mass is 283 g/mol. The van der Waals surface area contributed by atoms with E-state index in [2.05, 4.69) is 9.97 Å². The lowest BCUT2D eigenvalue weighted by molar-refractivity contribution is 0.304. The summed E-state index contributed by atoms with van der Waals surface area (Å²) < 4.78 is 0. The van der Waals surface area contributed by atoms with E-state index < -0.39 is 0 Å². The second-order valence-corrected chi connectivity index (χ2v) is 5.92. The van der Waals surface area contributed by atoms with E-state index in [0.717, 1.165) is 28.9 Å². The molecule has 2 aromatic rings. The number of likely N-dealkylation sites (N-methyl/N-ethyl adjacent to an activating group) is 1. The van der Waals surface area contributed by atoms with Crippen LogP contribution in [0.15, 0.2) is 0 Å². The average molecular weight is 284 g/mol. The maximum Gasteiger partial charge on any atom is 0.225 e. The Labute approximate surface area is 114 Å². The van der Waals surface area contributed by atoms with E-state index in [0.29, 0.717) is 6.54 Å². The summed E-state index contributed by atoms with van der Waals surface area (Å²) >= 11 is 7.71. The fraction of sp³-hybridized carbons (Fsp3) is 0.500. The zero-order valence-electron chi connectivity index (χ0n) is 10.1. The molecule has 0 unspecified atom stereocenters. The Bertz CT molecular complexity index is 599. The number of thiophene rings is 1. The number of halogens is 1. The topological polar surface area (TPSA) is 49.2 Å². The molecule has 0 fully saturated rings. The molecule has 3 rings (SSSR count). The molecule has 2 heterocycles. The summed E-state index contributed by atoms with van der Waals surface area (Å²) in [5.41, 5.74) is 1.38. The van der Waals surface area contributed by atoms with Gasteiger partial charge in [-0.3, -0.25) is 0 Å². The summed E-state index contributed by atoms with van der Waals surface area (Å²) in [5.74, 6) is 0.846. The van der Waals surface area contributed by atoms with Crippen molar-refractivity contribution in [2.75, 3.05) is 25.1 Å². The highest BCUT2D eigenvalue weighted by Crippen LogP contribution is 2.40. The van der Waals surface area contributed by atoms with Crippen molar-refractivity contribution in [3.8, 4) is 0 Å². The highest BCUT2D eigenvalue weighted by Gasteiger charge is 2.23. The van der Waals surface area contributed by atoms with Crippen LogP contribution >= 0.6 is 22.9 Å². The van der Waals surface area contributed by atoms with Crippen molar-refractivity contribution >= 4 is 39.0 Å². The molecule has 1 aliphatic rings. The van der Waals surface area contributed by atoms with Crippen LogP contribution < -0.4 is 4.90 Å². The van der Waals surface area contributed by atoms with Crippen LogP contribution in [-0.2, 0) is 12.8 Å². The molecule has 0 bridgehead atoms. The van der Waals surface area contributed by atoms with Crippen LogP contribution in [0.5, 0.6) is 0 Å². The van der Waals surface area contributed by atoms with Crippen LogP contribution in [0, 0.1) is 0 Å². The second kappa shape index (κ2) is 4.64. The number of aryl methyl sites for hydroxylation is 2.